The Morgan fingerprint density at radius 1 is 0.809 bits per heavy atom. The summed E-state index contributed by atoms with van der Waals surface area (Å²) in [6.45, 7) is 6.76. The van der Waals surface area contributed by atoms with Crippen molar-refractivity contribution in [3.8, 4) is 0 Å². The van der Waals surface area contributed by atoms with Crippen molar-refractivity contribution in [3.05, 3.63) is 144 Å². The normalized spacial score (nSPS) is 17.2. The number of amides is 3. The van der Waals surface area contributed by atoms with Crippen molar-refractivity contribution >= 4 is 17.9 Å². The molecule has 0 bridgehead atoms. The van der Waals surface area contributed by atoms with Crippen LogP contribution in [0.2, 0.25) is 0 Å². The number of piperazine rings is 1. The van der Waals surface area contributed by atoms with Crippen LogP contribution in [0.1, 0.15) is 37.5 Å². The monoisotopic (exact) mass is 632 g/mol. The minimum atomic E-state index is -0.878. The van der Waals surface area contributed by atoms with Crippen molar-refractivity contribution in [2.24, 2.45) is 5.92 Å². The van der Waals surface area contributed by atoms with Crippen LogP contribution >= 0.6 is 0 Å². The second-order valence-electron chi connectivity index (χ2n) is 12.4. The van der Waals surface area contributed by atoms with Crippen molar-refractivity contribution < 1.29 is 19.1 Å². The van der Waals surface area contributed by atoms with E-state index < -0.39 is 17.6 Å². The molecule has 1 fully saturated rings. The van der Waals surface area contributed by atoms with E-state index in [0.29, 0.717) is 25.3 Å². The molecule has 47 heavy (non-hydrogen) atoms. The van der Waals surface area contributed by atoms with Crippen molar-refractivity contribution in [3.63, 3.8) is 0 Å². The third-order valence-corrected chi connectivity index (χ3v) is 9.08. The van der Waals surface area contributed by atoms with Crippen LogP contribution in [-0.2, 0) is 19.9 Å². The molecule has 0 radical (unpaired) electrons. The number of benzene rings is 3. The predicted octanol–water partition coefficient (Wildman–Crippen LogP) is 6.03. The summed E-state index contributed by atoms with van der Waals surface area (Å²) < 4.78 is 4.99. The highest BCUT2D eigenvalue weighted by Gasteiger charge is 2.45. The molecule has 3 aromatic carbocycles. The van der Waals surface area contributed by atoms with Gasteiger partial charge >= 0.3 is 12.0 Å². The molecule has 0 N–H and O–H groups in total. The van der Waals surface area contributed by atoms with E-state index in [2.05, 4.69) is 41.3 Å². The number of hydrogen-bond acceptors (Lipinski definition) is 5. The molecule has 0 aliphatic carbocycles. The Bertz CT molecular complexity index is 1540. The number of methoxy groups -OCH3 is 1. The van der Waals surface area contributed by atoms with Gasteiger partial charge in [-0.2, -0.15) is 0 Å². The molecule has 2 heterocycles. The number of urea groups is 1. The first-order chi connectivity index (χ1) is 22.7. The summed E-state index contributed by atoms with van der Waals surface area (Å²) in [6.07, 6.45) is 9.66. The van der Waals surface area contributed by atoms with Gasteiger partial charge in [0.2, 0.25) is 0 Å². The van der Waals surface area contributed by atoms with Crippen molar-refractivity contribution in [2.45, 2.75) is 38.4 Å². The third kappa shape index (κ3) is 6.45. The maximum Gasteiger partial charge on any atom is 0.328 e. The number of esters is 1. The summed E-state index contributed by atoms with van der Waals surface area (Å²) in [4.78, 5) is 48.0. The highest BCUT2D eigenvalue weighted by molar-refractivity contribution is 5.94. The SMILES string of the molecule is COC(=O)[C@H](C(C)C)N(C)C(=O)N1CCN(C(=O)C2=CC=CC=CN2C(c2ccccc2)(c2ccccc2)c2ccccc2)[C@@H](C)C1. The minimum Gasteiger partial charge on any atom is -0.467 e. The quantitative estimate of drug-likeness (QED) is 0.224. The molecule has 8 nitrogen and oxygen atoms in total. The van der Waals surface area contributed by atoms with Gasteiger partial charge in [-0.25, -0.2) is 9.59 Å². The van der Waals surface area contributed by atoms with Gasteiger partial charge in [-0.05, 0) is 41.7 Å². The molecule has 3 aromatic rings. The lowest BCUT2D eigenvalue weighted by Gasteiger charge is -2.47. The number of likely N-dealkylation sites (N-methyl/N-ethyl adjacent to an activating group) is 1. The van der Waals surface area contributed by atoms with E-state index in [1.807, 2.05) is 111 Å². The zero-order chi connectivity index (χ0) is 33.6. The van der Waals surface area contributed by atoms with Crippen LogP contribution in [0.15, 0.2) is 127 Å². The van der Waals surface area contributed by atoms with Gasteiger partial charge in [0, 0.05) is 38.9 Å². The van der Waals surface area contributed by atoms with E-state index in [-0.39, 0.29) is 23.9 Å². The van der Waals surface area contributed by atoms with E-state index in [0.717, 1.165) is 16.7 Å². The largest absolute Gasteiger partial charge is 0.467 e. The molecule has 3 amide bonds. The Kier molecular flexibility index (Phi) is 10.3. The molecule has 0 spiro atoms. The second kappa shape index (κ2) is 14.5. The maximum atomic E-state index is 14.8. The Morgan fingerprint density at radius 3 is 1.81 bits per heavy atom. The molecule has 5 rings (SSSR count). The lowest BCUT2D eigenvalue weighted by molar-refractivity contribution is -0.147. The molecule has 0 saturated carbocycles. The molecule has 8 heteroatoms. The number of nitrogens with zero attached hydrogens (tertiary/aromatic N) is 4. The van der Waals surface area contributed by atoms with Gasteiger partial charge in [0.05, 0.1) is 7.11 Å². The summed E-state index contributed by atoms with van der Waals surface area (Å²) in [7, 11) is 2.97. The molecular formula is C39H44N4O4. The molecule has 2 atom stereocenters. The van der Waals surface area contributed by atoms with E-state index in [1.165, 1.54) is 12.0 Å². The average molecular weight is 633 g/mol. The number of ether oxygens (including phenoxy) is 1. The Balaban J connectivity index is 1.52. The Morgan fingerprint density at radius 2 is 1.34 bits per heavy atom. The predicted molar refractivity (Wildman–Crippen MR) is 184 cm³/mol. The van der Waals surface area contributed by atoms with Gasteiger partial charge in [0.25, 0.3) is 5.91 Å². The van der Waals surface area contributed by atoms with Gasteiger partial charge in [0.1, 0.15) is 17.3 Å². The zero-order valence-electron chi connectivity index (χ0n) is 27.8. The fourth-order valence-corrected chi connectivity index (χ4v) is 6.85. The summed E-state index contributed by atoms with van der Waals surface area (Å²) in [6, 6.07) is 29.6. The molecule has 1 saturated heterocycles. The summed E-state index contributed by atoms with van der Waals surface area (Å²) >= 11 is 0. The summed E-state index contributed by atoms with van der Waals surface area (Å²) in [5, 5.41) is 0. The standard InChI is InChI=1S/C39H44N4O4/c1-29(2)35(37(45)47-5)40(4)38(46)41-26-27-42(30(3)28-41)36(44)34-24-16-9-17-25-43(34)39(31-18-10-6-11-19-31,32-20-12-7-13-21-32)33-22-14-8-15-23-33/h6-25,29-30,35H,26-28H2,1-5H3/t30-,35-/m0/s1. The Labute approximate surface area is 278 Å². The fourth-order valence-electron chi connectivity index (χ4n) is 6.85. The molecule has 244 valence electrons. The first kappa shape index (κ1) is 33.3. The van der Waals surface area contributed by atoms with Crippen LogP contribution in [0.25, 0.3) is 0 Å². The van der Waals surface area contributed by atoms with Gasteiger partial charge in [0.15, 0.2) is 0 Å². The van der Waals surface area contributed by atoms with Crippen LogP contribution in [0.5, 0.6) is 0 Å². The number of carbonyl (C=O) groups excluding carboxylic acids is 3. The molecule has 0 aromatic heterocycles. The van der Waals surface area contributed by atoms with E-state index in [1.54, 1.807) is 11.9 Å². The van der Waals surface area contributed by atoms with Crippen LogP contribution in [0.4, 0.5) is 4.79 Å². The summed E-state index contributed by atoms with van der Waals surface area (Å²) in [5.74, 6) is -0.695. The lowest BCUT2D eigenvalue weighted by Crippen LogP contribution is -2.60. The van der Waals surface area contributed by atoms with Gasteiger partial charge < -0.3 is 24.3 Å². The van der Waals surface area contributed by atoms with Crippen LogP contribution < -0.4 is 0 Å². The fraction of sp³-hybridized carbons (Fsp3) is 0.308. The molecule has 2 aliphatic rings. The maximum absolute atomic E-state index is 14.8. The zero-order valence-corrected chi connectivity index (χ0v) is 27.8. The van der Waals surface area contributed by atoms with Crippen molar-refractivity contribution in [1.82, 2.24) is 19.6 Å². The van der Waals surface area contributed by atoms with Crippen LogP contribution in [-0.4, -0.2) is 83.4 Å². The topological polar surface area (TPSA) is 73.4 Å². The smallest absolute Gasteiger partial charge is 0.328 e. The van der Waals surface area contributed by atoms with Gasteiger partial charge in [-0.3, -0.25) is 4.79 Å². The lowest BCUT2D eigenvalue weighted by atomic mass is 9.75. The molecule has 2 aliphatic heterocycles. The highest BCUT2D eigenvalue weighted by atomic mass is 16.5. The van der Waals surface area contributed by atoms with E-state index in [4.69, 9.17) is 4.74 Å². The van der Waals surface area contributed by atoms with Crippen molar-refractivity contribution in [1.29, 1.82) is 0 Å². The van der Waals surface area contributed by atoms with E-state index >= 15 is 0 Å². The van der Waals surface area contributed by atoms with Gasteiger partial charge in [-0.15, -0.1) is 0 Å². The van der Waals surface area contributed by atoms with Crippen LogP contribution in [0, 0.1) is 5.92 Å². The number of rotatable bonds is 8. The first-order valence-corrected chi connectivity index (χ1v) is 16.1. The summed E-state index contributed by atoms with van der Waals surface area (Å²) in [5.41, 5.74) is 2.68. The average Bonchev–Trinajstić information content (AvgIpc) is 3.36. The first-order valence-electron chi connectivity index (χ1n) is 16.1. The highest BCUT2D eigenvalue weighted by Crippen LogP contribution is 2.45. The number of allylic oxidation sites excluding steroid dienone is 4. The minimum absolute atomic E-state index is 0.120. The number of hydrogen-bond donors (Lipinski definition) is 0. The number of carbonyl (C=O) groups is 3. The third-order valence-electron chi connectivity index (χ3n) is 9.08. The second-order valence-corrected chi connectivity index (χ2v) is 12.4. The van der Waals surface area contributed by atoms with Crippen LogP contribution in [0.3, 0.4) is 0 Å². The van der Waals surface area contributed by atoms with Crippen molar-refractivity contribution in [2.75, 3.05) is 33.8 Å². The Hall–Kier alpha value is -5.11. The van der Waals surface area contributed by atoms with E-state index in [9.17, 15) is 14.4 Å². The molecule has 0 unspecified atom stereocenters. The van der Waals surface area contributed by atoms with Gasteiger partial charge in [-0.1, -0.05) is 117 Å². The molecular weight excluding hydrogens is 588 g/mol.